The average molecular weight is 342 g/mol. The molecule has 0 bridgehead atoms. The third-order valence-corrected chi connectivity index (χ3v) is 4.86. The predicted molar refractivity (Wildman–Crippen MR) is 83.2 cm³/mol. The molecule has 4 heteroatoms. The topological polar surface area (TPSA) is 12.0 Å². The molecule has 0 amide bonds. The molecule has 0 radical (unpaired) electrons. The van der Waals surface area contributed by atoms with Crippen molar-refractivity contribution in [2.45, 2.75) is 25.8 Å². The molecule has 0 aliphatic carbocycles. The van der Waals surface area contributed by atoms with Crippen LogP contribution in [-0.2, 0) is 6.42 Å². The second-order valence-corrected chi connectivity index (χ2v) is 6.21. The molecule has 1 atom stereocenters. The SMILES string of the molecule is CCCNC(Cc1cccc(F)c1Br)c1cccs1. The van der Waals surface area contributed by atoms with Gasteiger partial charge in [-0.05, 0) is 58.4 Å². The van der Waals surface area contributed by atoms with Gasteiger partial charge in [0.2, 0.25) is 0 Å². The Balaban J connectivity index is 2.18. The lowest BCUT2D eigenvalue weighted by Gasteiger charge is -2.18. The summed E-state index contributed by atoms with van der Waals surface area (Å²) in [5.41, 5.74) is 1.00. The summed E-state index contributed by atoms with van der Waals surface area (Å²) in [6, 6.07) is 9.65. The number of benzene rings is 1. The second kappa shape index (κ2) is 7.17. The van der Waals surface area contributed by atoms with Crippen LogP contribution in [0.2, 0.25) is 0 Å². The first-order chi connectivity index (χ1) is 9.22. The summed E-state index contributed by atoms with van der Waals surface area (Å²) in [6.45, 7) is 3.12. The van der Waals surface area contributed by atoms with E-state index in [2.05, 4.69) is 45.7 Å². The third kappa shape index (κ3) is 3.88. The summed E-state index contributed by atoms with van der Waals surface area (Å²) in [6.07, 6.45) is 1.88. The summed E-state index contributed by atoms with van der Waals surface area (Å²) in [4.78, 5) is 1.30. The van der Waals surface area contributed by atoms with Crippen molar-refractivity contribution < 1.29 is 4.39 Å². The van der Waals surface area contributed by atoms with Crippen LogP contribution >= 0.6 is 27.3 Å². The van der Waals surface area contributed by atoms with Crippen LogP contribution in [0.25, 0.3) is 0 Å². The first kappa shape index (κ1) is 14.7. The normalized spacial score (nSPS) is 12.6. The van der Waals surface area contributed by atoms with Gasteiger partial charge in [-0.15, -0.1) is 11.3 Å². The van der Waals surface area contributed by atoms with E-state index in [0.29, 0.717) is 4.47 Å². The Morgan fingerprint density at radius 1 is 1.32 bits per heavy atom. The van der Waals surface area contributed by atoms with E-state index < -0.39 is 0 Å². The zero-order chi connectivity index (χ0) is 13.7. The van der Waals surface area contributed by atoms with Crippen molar-refractivity contribution in [1.29, 1.82) is 0 Å². The number of halogens is 2. The van der Waals surface area contributed by atoms with Gasteiger partial charge in [0.05, 0.1) is 4.47 Å². The fourth-order valence-corrected chi connectivity index (χ4v) is 3.24. The minimum absolute atomic E-state index is 0.196. The highest BCUT2D eigenvalue weighted by Gasteiger charge is 2.15. The lowest BCUT2D eigenvalue weighted by molar-refractivity contribution is 0.533. The molecule has 0 aliphatic rings. The van der Waals surface area contributed by atoms with Gasteiger partial charge in [0.25, 0.3) is 0 Å². The Hall–Kier alpha value is -0.710. The van der Waals surface area contributed by atoms with Crippen LogP contribution in [0.1, 0.15) is 29.8 Å². The maximum atomic E-state index is 13.6. The van der Waals surface area contributed by atoms with Gasteiger partial charge in [0.15, 0.2) is 0 Å². The monoisotopic (exact) mass is 341 g/mol. The minimum Gasteiger partial charge on any atom is -0.309 e. The number of nitrogens with one attached hydrogen (secondary N) is 1. The zero-order valence-corrected chi connectivity index (χ0v) is 13.2. The van der Waals surface area contributed by atoms with Crippen LogP contribution < -0.4 is 5.32 Å². The van der Waals surface area contributed by atoms with Gasteiger partial charge in [-0.3, -0.25) is 0 Å². The Morgan fingerprint density at radius 2 is 2.16 bits per heavy atom. The van der Waals surface area contributed by atoms with E-state index in [9.17, 15) is 4.39 Å². The molecular formula is C15H17BrFNS. The first-order valence-electron chi connectivity index (χ1n) is 6.42. The van der Waals surface area contributed by atoms with E-state index >= 15 is 0 Å². The van der Waals surface area contributed by atoms with Gasteiger partial charge in [-0.1, -0.05) is 25.1 Å². The summed E-state index contributed by atoms with van der Waals surface area (Å²) < 4.78 is 14.1. The Kier molecular flexibility index (Phi) is 5.55. The third-order valence-electron chi connectivity index (χ3n) is 2.98. The smallest absolute Gasteiger partial charge is 0.137 e. The summed E-state index contributed by atoms with van der Waals surface area (Å²) in [7, 11) is 0. The molecule has 1 aromatic carbocycles. The molecule has 1 heterocycles. The highest BCUT2D eigenvalue weighted by molar-refractivity contribution is 9.10. The lowest BCUT2D eigenvalue weighted by atomic mass is 10.0. The van der Waals surface area contributed by atoms with E-state index in [-0.39, 0.29) is 11.9 Å². The van der Waals surface area contributed by atoms with Crippen molar-refractivity contribution in [2.24, 2.45) is 0 Å². The van der Waals surface area contributed by atoms with Crippen molar-refractivity contribution >= 4 is 27.3 Å². The minimum atomic E-state index is -0.196. The molecular weight excluding hydrogens is 325 g/mol. The zero-order valence-electron chi connectivity index (χ0n) is 10.8. The molecule has 1 nitrogen and oxygen atoms in total. The van der Waals surface area contributed by atoms with Gasteiger partial charge in [-0.25, -0.2) is 4.39 Å². The number of hydrogen-bond donors (Lipinski definition) is 1. The summed E-state index contributed by atoms with van der Waals surface area (Å²) in [5.74, 6) is -0.196. The number of hydrogen-bond acceptors (Lipinski definition) is 2. The van der Waals surface area contributed by atoms with Gasteiger partial charge >= 0.3 is 0 Å². The van der Waals surface area contributed by atoms with Crippen molar-refractivity contribution in [3.63, 3.8) is 0 Å². The molecule has 0 saturated carbocycles. The van der Waals surface area contributed by atoms with Crippen LogP contribution in [-0.4, -0.2) is 6.54 Å². The van der Waals surface area contributed by atoms with Crippen LogP contribution in [0.3, 0.4) is 0 Å². The number of rotatable bonds is 6. The van der Waals surface area contributed by atoms with Gasteiger partial charge in [-0.2, -0.15) is 0 Å². The van der Waals surface area contributed by atoms with Crippen molar-refractivity contribution in [1.82, 2.24) is 5.32 Å². The van der Waals surface area contributed by atoms with E-state index in [4.69, 9.17) is 0 Å². The second-order valence-electron chi connectivity index (χ2n) is 4.44. The summed E-state index contributed by atoms with van der Waals surface area (Å²) >= 11 is 5.08. The fourth-order valence-electron chi connectivity index (χ4n) is 2.01. The Morgan fingerprint density at radius 3 is 2.84 bits per heavy atom. The van der Waals surface area contributed by atoms with Crippen molar-refractivity contribution in [3.8, 4) is 0 Å². The first-order valence-corrected chi connectivity index (χ1v) is 8.09. The molecule has 0 spiro atoms. The van der Waals surface area contributed by atoms with E-state index in [1.807, 2.05) is 6.07 Å². The van der Waals surface area contributed by atoms with Gasteiger partial charge in [0.1, 0.15) is 5.82 Å². The Bertz CT molecular complexity index is 513. The molecule has 102 valence electrons. The fraction of sp³-hybridized carbons (Fsp3) is 0.333. The molecule has 0 saturated heterocycles. The van der Waals surface area contributed by atoms with Crippen LogP contribution in [0.4, 0.5) is 4.39 Å². The summed E-state index contributed by atoms with van der Waals surface area (Å²) in [5, 5.41) is 5.61. The van der Waals surface area contributed by atoms with Crippen molar-refractivity contribution in [3.05, 3.63) is 56.4 Å². The highest BCUT2D eigenvalue weighted by atomic mass is 79.9. The molecule has 19 heavy (non-hydrogen) atoms. The largest absolute Gasteiger partial charge is 0.309 e. The van der Waals surface area contributed by atoms with Gasteiger partial charge in [0, 0.05) is 10.9 Å². The molecule has 2 aromatic rings. The maximum absolute atomic E-state index is 13.6. The molecule has 1 aromatic heterocycles. The maximum Gasteiger partial charge on any atom is 0.137 e. The molecule has 2 rings (SSSR count). The molecule has 1 N–H and O–H groups in total. The van der Waals surface area contributed by atoms with E-state index in [1.54, 1.807) is 17.4 Å². The quantitative estimate of drug-likeness (QED) is 0.785. The average Bonchev–Trinajstić information content (AvgIpc) is 2.93. The molecule has 0 aliphatic heterocycles. The molecule has 0 fully saturated rings. The Labute approximate surface area is 126 Å². The number of thiophene rings is 1. The van der Waals surface area contributed by atoms with Gasteiger partial charge < -0.3 is 5.32 Å². The van der Waals surface area contributed by atoms with Crippen LogP contribution in [0.5, 0.6) is 0 Å². The highest BCUT2D eigenvalue weighted by Crippen LogP contribution is 2.28. The predicted octanol–water partition coefficient (Wildman–Crippen LogP) is 4.93. The van der Waals surface area contributed by atoms with Crippen LogP contribution in [0.15, 0.2) is 40.2 Å². The van der Waals surface area contributed by atoms with E-state index in [1.165, 1.54) is 10.9 Å². The van der Waals surface area contributed by atoms with E-state index in [0.717, 1.165) is 24.9 Å². The molecule has 1 unspecified atom stereocenters. The standard InChI is InChI=1S/C15H17BrFNS/c1-2-8-18-13(14-7-4-9-19-14)10-11-5-3-6-12(17)15(11)16/h3-7,9,13,18H,2,8,10H2,1H3. The van der Waals surface area contributed by atoms with Crippen LogP contribution in [0, 0.1) is 5.82 Å². The van der Waals surface area contributed by atoms with Crippen molar-refractivity contribution in [2.75, 3.05) is 6.54 Å². The lowest BCUT2D eigenvalue weighted by Crippen LogP contribution is -2.23.